The van der Waals surface area contributed by atoms with E-state index in [1.165, 1.54) is 13.5 Å². The zero-order valence-electron chi connectivity index (χ0n) is 14.9. The van der Waals surface area contributed by atoms with E-state index in [1.54, 1.807) is 0 Å². The van der Waals surface area contributed by atoms with E-state index in [0.29, 0.717) is 11.5 Å². The van der Waals surface area contributed by atoms with Crippen LogP contribution in [-0.2, 0) is 4.74 Å². The van der Waals surface area contributed by atoms with Crippen molar-refractivity contribution >= 4 is 28.2 Å². The summed E-state index contributed by atoms with van der Waals surface area (Å²) < 4.78 is 5.01. The van der Waals surface area contributed by atoms with Gasteiger partial charge in [-0.15, -0.1) is 0 Å². The fraction of sp³-hybridized carbons (Fsp3) is 0.474. The topological polar surface area (TPSA) is 45.7 Å². The minimum Gasteiger partial charge on any atom is -0.465 e. The molecule has 0 amide bonds. The zero-order chi connectivity index (χ0) is 17.3. The van der Waals surface area contributed by atoms with Crippen molar-refractivity contribution in [2.45, 2.75) is 19.8 Å². The summed E-state index contributed by atoms with van der Waals surface area (Å²) in [5.74, 6) is 1.21. The number of ether oxygens (including phenoxy) is 1. The van der Waals surface area contributed by atoms with Crippen LogP contribution in [0.15, 0.2) is 24.4 Å². The van der Waals surface area contributed by atoms with Crippen LogP contribution < -0.4 is 9.80 Å². The van der Waals surface area contributed by atoms with E-state index < -0.39 is 0 Å². The summed E-state index contributed by atoms with van der Waals surface area (Å²) in [6, 6.07) is 5.78. The maximum absolute atomic E-state index is 12.3. The molecule has 2 heterocycles. The van der Waals surface area contributed by atoms with Crippen LogP contribution in [0.5, 0.6) is 0 Å². The Kier molecular flexibility index (Phi) is 4.60. The Morgan fingerprint density at radius 1 is 1.38 bits per heavy atom. The highest BCUT2D eigenvalue weighted by molar-refractivity contribution is 6.12. The summed E-state index contributed by atoms with van der Waals surface area (Å²) in [7, 11) is 5.40. The average Bonchev–Trinajstić information content (AvgIpc) is 2.59. The van der Waals surface area contributed by atoms with Gasteiger partial charge >= 0.3 is 5.97 Å². The number of esters is 1. The van der Waals surface area contributed by atoms with Crippen molar-refractivity contribution in [3.05, 3.63) is 30.0 Å². The first-order valence-corrected chi connectivity index (χ1v) is 8.45. The van der Waals surface area contributed by atoms with Crippen LogP contribution in [0, 0.1) is 5.92 Å². The Hall–Kier alpha value is -2.30. The van der Waals surface area contributed by atoms with Crippen molar-refractivity contribution in [2.24, 2.45) is 5.92 Å². The molecule has 1 unspecified atom stereocenters. The van der Waals surface area contributed by atoms with Crippen LogP contribution in [0.3, 0.4) is 0 Å². The number of hydrogen-bond acceptors (Lipinski definition) is 5. The molecule has 1 fully saturated rings. The van der Waals surface area contributed by atoms with Crippen molar-refractivity contribution in [1.82, 2.24) is 4.98 Å². The normalized spacial score (nSPS) is 17.8. The van der Waals surface area contributed by atoms with Gasteiger partial charge in [0.05, 0.1) is 24.6 Å². The van der Waals surface area contributed by atoms with Gasteiger partial charge in [0.15, 0.2) is 0 Å². The second kappa shape index (κ2) is 6.67. The van der Waals surface area contributed by atoms with E-state index in [1.807, 2.05) is 37.3 Å². The maximum atomic E-state index is 12.3. The molecule has 1 aliphatic rings. The summed E-state index contributed by atoms with van der Waals surface area (Å²) in [6.07, 6.45) is 4.30. The van der Waals surface area contributed by atoms with Crippen LogP contribution in [0.1, 0.15) is 30.1 Å². The Morgan fingerprint density at radius 2 is 2.17 bits per heavy atom. The lowest BCUT2D eigenvalue weighted by molar-refractivity contribution is 0.0603. The molecule has 5 heteroatoms. The summed E-state index contributed by atoms with van der Waals surface area (Å²) in [4.78, 5) is 21.4. The van der Waals surface area contributed by atoms with Gasteiger partial charge in [-0.2, -0.15) is 0 Å². The van der Waals surface area contributed by atoms with Crippen LogP contribution in [-0.4, -0.2) is 45.2 Å². The van der Waals surface area contributed by atoms with E-state index in [9.17, 15) is 4.79 Å². The minimum atomic E-state index is -0.315. The fourth-order valence-corrected chi connectivity index (χ4v) is 3.52. The first-order chi connectivity index (χ1) is 11.5. The third-order valence-corrected chi connectivity index (χ3v) is 4.72. The predicted molar refractivity (Wildman–Crippen MR) is 98.0 cm³/mol. The molecule has 128 valence electrons. The van der Waals surface area contributed by atoms with Crippen molar-refractivity contribution in [3.63, 3.8) is 0 Å². The van der Waals surface area contributed by atoms with E-state index in [0.717, 1.165) is 41.8 Å². The number of methoxy groups -OCH3 is 1. The summed E-state index contributed by atoms with van der Waals surface area (Å²) in [5, 5.41) is 1.93. The molecule has 24 heavy (non-hydrogen) atoms. The molecule has 0 bridgehead atoms. The molecule has 0 spiro atoms. The third-order valence-electron chi connectivity index (χ3n) is 4.72. The quantitative estimate of drug-likeness (QED) is 0.809. The predicted octanol–water partition coefficient (Wildman–Crippen LogP) is 3.32. The van der Waals surface area contributed by atoms with Gasteiger partial charge in [0.25, 0.3) is 0 Å². The zero-order valence-corrected chi connectivity index (χ0v) is 14.9. The van der Waals surface area contributed by atoms with Crippen molar-refractivity contribution in [2.75, 3.05) is 44.1 Å². The van der Waals surface area contributed by atoms with Gasteiger partial charge in [-0.05, 0) is 24.8 Å². The number of aromatic nitrogens is 1. The molecule has 1 aromatic heterocycles. The second-order valence-corrected chi connectivity index (χ2v) is 6.77. The number of anilines is 2. The second-order valence-electron chi connectivity index (χ2n) is 6.77. The van der Waals surface area contributed by atoms with E-state index in [-0.39, 0.29) is 5.97 Å². The van der Waals surface area contributed by atoms with Crippen LogP contribution >= 0.6 is 0 Å². The lowest BCUT2D eigenvalue weighted by atomic mass is 9.98. The number of carbonyl (C=O) groups excluding carboxylic acids is 1. The van der Waals surface area contributed by atoms with Crippen LogP contribution in [0.25, 0.3) is 10.8 Å². The Balaban J connectivity index is 2.25. The number of benzene rings is 1. The summed E-state index contributed by atoms with van der Waals surface area (Å²) in [6.45, 7) is 4.21. The highest BCUT2D eigenvalue weighted by atomic mass is 16.5. The monoisotopic (exact) mass is 327 g/mol. The van der Waals surface area contributed by atoms with Gasteiger partial charge in [-0.3, -0.25) is 0 Å². The fourth-order valence-electron chi connectivity index (χ4n) is 3.52. The molecule has 1 saturated heterocycles. The first-order valence-electron chi connectivity index (χ1n) is 8.45. The first kappa shape index (κ1) is 16.6. The van der Waals surface area contributed by atoms with Crippen LogP contribution in [0.4, 0.5) is 11.5 Å². The minimum absolute atomic E-state index is 0.315. The van der Waals surface area contributed by atoms with Gasteiger partial charge in [-0.1, -0.05) is 19.1 Å². The Bertz CT molecular complexity index is 758. The smallest absolute Gasteiger partial charge is 0.338 e. The molecular weight excluding hydrogens is 302 g/mol. The largest absolute Gasteiger partial charge is 0.465 e. The Labute approximate surface area is 143 Å². The molecule has 3 rings (SSSR count). The number of pyridine rings is 1. The molecule has 0 aliphatic carbocycles. The standard InChI is InChI=1S/C19H25N3O2/c1-13-7-6-10-22(12-13)18-17-14(16(11-20-18)21(2)3)8-5-9-15(17)19(23)24-4/h5,8-9,11,13H,6-7,10,12H2,1-4H3. The Morgan fingerprint density at radius 3 is 2.83 bits per heavy atom. The van der Waals surface area contributed by atoms with Crippen LogP contribution in [0.2, 0.25) is 0 Å². The molecule has 1 aliphatic heterocycles. The maximum Gasteiger partial charge on any atom is 0.338 e. The molecular formula is C19H25N3O2. The lowest BCUT2D eigenvalue weighted by Crippen LogP contribution is -2.35. The average molecular weight is 327 g/mol. The third kappa shape index (κ3) is 2.90. The number of hydrogen-bond donors (Lipinski definition) is 0. The number of rotatable bonds is 3. The molecule has 0 radical (unpaired) electrons. The van der Waals surface area contributed by atoms with Gasteiger partial charge in [0.1, 0.15) is 5.82 Å². The highest BCUT2D eigenvalue weighted by Crippen LogP contribution is 2.35. The molecule has 0 saturated carbocycles. The number of fused-ring (bicyclic) bond motifs is 1. The van der Waals surface area contributed by atoms with Crippen molar-refractivity contribution in [1.29, 1.82) is 0 Å². The van der Waals surface area contributed by atoms with E-state index in [4.69, 9.17) is 9.72 Å². The molecule has 1 aromatic carbocycles. The van der Waals surface area contributed by atoms with E-state index >= 15 is 0 Å². The molecule has 2 aromatic rings. The van der Waals surface area contributed by atoms with Gasteiger partial charge in [-0.25, -0.2) is 9.78 Å². The SMILES string of the molecule is COC(=O)c1cccc2c(N(C)C)cnc(N3CCCC(C)C3)c12. The number of piperidine rings is 1. The highest BCUT2D eigenvalue weighted by Gasteiger charge is 2.24. The molecule has 5 nitrogen and oxygen atoms in total. The van der Waals surface area contributed by atoms with Crippen molar-refractivity contribution in [3.8, 4) is 0 Å². The summed E-state index contributed by atoms with van der Waals surface area (Å²) in [5.41, 5.74) is 1.59. The number of nitrogens with zero attached hydrogens (tertiary/aromatic N) is 3. The van der Waals surface area contributed by atoms with Crippen molar-refractivity contribution < 1.29 is 9.53 Å². The van der Waals surface area contributed by atoms with Gasteiger partial charge in [0, 0.05) is 38.0 Å². The lowest BCUT2D eigenvalue weighted by Gasteiger charge is -2.33. The molecule has 1 atom stereocenters. The van der Waals surface area contributed by atoms with Gasteiger partial charge < -0.3 is 14.5 Å². The number of carbonyl (C=O) groups is 1. The van der Waals surface area contributed by atoms with E-state index in [2.05, 4.69) is 17.9 Å². The van der Waals surface area contributed by atoms with Gasteiger partial charge in [0.2, 0.25) is 0 Å². The molecule has 0 N–H and O–H groups in total. The summed E-state index contributed by atoms with van der Waals surface area (Å²) >= 11 is 0.